The first kappa shape index (κ1) is 12.5. The van der Waals surface area contributed by atoms with Gasteiger partial charge in [-0.25, -0.2) is 0 Å². The van der Waals surface area contributed by atoms with Crippen LogP contribution in [0.5, 0.6) is 0 Å². The molecule has 2 aliphatic heterocycles. The summed E-state index contributed by atoms with van der Waals surface area (Å²) in [5, 5.41) is 0. The lowest BCUT2D eigenvalue weighted by Gasteiger charge is -2.21. The number of nitrogens with zero attached hydrogens (tertiary/aromatic N) is 2. The monoisotopic (exact) mass is 258 g/mol. The van der Waals surface area contributed by atoms with Crippen LogP contribution in [0, 0.1) is 6.92 Å². The normalized spacial score (nSPS) is 19.2. The zero-order chi connectivity index (χ0) is 13.2. The molecule has 3 heteroatoms. The van der Waals surface area contributed by atoms with Crippen molar-refractivity contribution in [3.05, 3.63) is 29.3 Å². The topological polar surface area (TPSA) is 23.6 Å². The van der Waals surface area contributed by atoms with E-state index < -0.39 is 0 Å². The second-order valence-electron chi connectivity index (χ2n) is 5.69. The SMILES string of the molecule is Cc1cc(C(=O)N2CCCC2)ccc1N1CCCC1. The lowest BCUT2D eigenvalue weighted by Crippen LogP contribution is -2.27. The Kier molecular flexibility index (Phi) is 3.45. The Hall–Kier alpha value is -1.51. The molecule has 0 radical (unpaired) electrons. The zero-order valence-corrected chi connectivity index (χ0v) is 11.7. The van der Waals surface area contributed by atoms with E-state index in [1.165, 1.54) is 24.1 Å². The van der Waals surface area contributed by atoms with Crippen molar-refractivity contribution in [3.8, 4) is 0 Å². The summed E-state index contributed by atoms with van der Waals surface area (Å²) in [6, 6.07) is 6.19. The summed E-state index contributed by atoms with van der Waals surface area (Å²) in [5.74, 6) is 0.202. The van der Waals surface area contributed by atoms with E-state index >= 15 is 0 Å². The second kappa shape index (κ2) is 5.24. The van der Waals surface area contributed by atoms with Gasteiger partial charge in [0.2, 0.25) is 0 Å². The molecule has 0 saturated carbocycles. The fourth-order valence-corrected chi connectivity index (χ4v) is 3.20. The smallest absolute Gasteiger partial charge is 0.253 e. The van der Waals surface area contributed by atoms with Crippen LogP contribution in [-0.2, 0) is 0 Å². The van der Waals surface area contributed by atoms with Gasteiger partial charge in [-0.3, -0.25) is 4.79 Å². The van der Waals surface area contributed by atoms with Crippen molar-refractivity contribution in [2.45, 2.75) is 32.6 Å². The minimum absolute atomic E-state index is 0.202. The van der Waals surface area contributed by atoms with Gasteiger partial charge in [0.1, 0.15) is 0 Å². The quantitative estimate of drug-likeness (QED) is 0.814. The van der Waals surface area contributed by atoms with Crippen molar-refractivity contribution in [1.82, 2.24) is 4.90 Å². The maximum Gasteiger partial charge on any atom is 0.253 e. The maximum atomic E-state index is 12.3. The molecule has 0 aliphatic carbocycles. The zero-order valence-electron chi connectivity index (χ0n) is 11.7. The predicted octanol–water partition coefficient (Wildman–Crippen LogP) is 2.83. The average molecular weight is 258 g/mol. The van der Waals surface area contributed by atoms with E-state index in [0.717, 1.165) is 44.6 Å². The molecule has 3 rings (SSSR count). The van der Waals surface area contributed by atoms with Gasteiger partial charge in [0.05, 0.1) is 0 Å². The van der Waals surface area contributed by atoms with E-state index in [1.807, 2.05) is 11.0 Å². The van der Waals surface area contributed by atoms with Crippen LogP contribution in [-0.4, -0.2) is 37.0 Å². The summed E-state index contributed by atoms with van der Waals surface area (Å²) in [6.07, 6.45) is 4.87. The lowest BCUT2D eigenvalue weighted by atomic mass is 10.1. The van der Waals surface area contributed by atoms with Crippen molar-refractivity contribution in [2.24, 2.45) is 0 Å². The van der Waals surface area contributed by atoms with Gasteiger partial charge < -0.3 is 9.80 Å². The standard InChI is InChI=1S/C16H22N2O/c1-13-12-14(16(19)18-10-4-5-11-18)6-7-15(13)17-8-2-3-9-17/h6-7,12H,2-5,8-11H2,1H3. The van der Waals surface area contributed by atoms with Gasteiger partial charge in [-0.1, -0.05) is 0 Å². The number of rotatable bonds is 2. The second-order valence-corrected chi connectivity index (χ2v) is 5.69. The Labute approximate surface area is 115 Å². The molecular weight excluding hydrogens is 236 g/mol. The Morgan fingerprint density at radius 2 is 1.63 bits per heavy atom. The third-order valence-corrected chi connectivity index (χ3v) is 4.28. The summed E-state index contributed by atoms with van der Waals surface area (Å²) < 4.78 is 0. The van der Waals surface area contributed by atoms with Crippen molar-refractivity contribution in [2.75, 3.05) is 31.1 Å². The Morgan fingerprint density at radius 1 is 1.00 bits per heavy atom. The highest BCUT2D eigenvalue weighted by molar-refractivity contribution is 5.95. The Bertz CT molecular complexity index is 472. The molecule has 0 atom stereocenters. The van der Waals surface area contributed by atoms with Crippen molar-refractivity contribution >= 4 is 11.6 Å². The number of hydrogen-bond donors (Lipinski definition) is 0. The van der Waals surface area contributed by atoms with Crippen molar-refractivity contribution in [1.29, 1.82) is 0 Å². The van der Waals surface area contributed by atoms with Crippen LogP contribution in [0.2, 0.25) is 0 Å². The van der Waals surface area contributed by atoms with Gasteiger partial charge in [0.25, 0.3) is 5.91 Å². The summed E-state index contributed by atoms with van der Waals surface area (Å²) in [6.45, 7) is 6.27. The molecule has 2 heterocycles. The third kappa shape index (κ3) is 2.46. The Morgan fingerprint density at radius 3 is 2.26 bits per heavy atom. The number of aryl methyl sites for hydroxylation is 1. The molecule has 0 spiro atoms. The van der Waals surface area contributed by atoms with Gasteiger partial charge in [-0.15, -0.1) is 0 Å². The number of carbonyl (C=O) groups is 1. The highest BCUT2D eigenvalue weighted by Crippen LogP contribution is 2.25. The molecule has 0 bridgehead atoms. The van der Waals surface area contributed by atoms with Crippen LogP contribution in [0.25, 0.3) is 0 Å². The summed E-state index contributed by atoms with van der Waals surface area (Å²) >= 11 is 0. The van der Waals surface area contributed by atoms with Crippen molar-refractivity contribution < 1.29 is 4.79 Å². The average Bonchev–Trinajstić information content (AvgIpc) is 3.11. The number of benzene rings is 1. The van der Waals surface area contributed by atoms with Gasteiger partial charge in [-0.05, 0) is 56.4 Å². The van der Waals surface area contributed by atoms with Crippen molar-refractivity contribution in [3.63, 3.8) is 0 Å². The minimum Gasteiger partial charge on any atom is -0.371 e. The molecule has 3 nitrogen and oxygen atoms in total. The number of hydrogen-bond acceptors (Lipinski definition) is 2. The van der Waals surface area contributed by atoms with Gasteiger partial charge in [-0.2, -0.15) is 0 Å². The summed E-state index contributed by atoms with van der Waals surface area (Å²) in [5.41, 5.74) is 3.38. The van der Waals surface area contributed by atoms with Crippen LogP contribution in [0.1, 0.15) is 41.6 Å². The van der Waals surface area contributed by atoms with Crippen LogP contribution in [0.4, 0.5) is 5.69 Å². The molecule has 1 aromatic carbocycles. The third-order valence-electron chi connectivity index (χ3n) is 4.28. The molecule has 2 fully saturated rings. The first-order chi connectivity index (χ1) is 9.25. The molecule has 0 N–H and O–H groups in total. The molecule has 0 unspecified atom stereocenters. The van der Waals surface area contributed by atoms with Crippen LogP contribution in [0.3, 0.4) is 0 Å². The van der Waals surface area contributed by atoms with Crippen LogP contribution in [0.15, 0.2) is 18.2 Å². The largest absolute Gasteiger partial charge is 0.371 e. The Balaban J connectivity index is 1.80. The highest BCUT2D eigenvalue weighted by Gasteiger charge is 2.21. The number of amides is 1. The molecule has 1 aromatic rings. The molecule has 102 valence electrons. The molecule has 2 aliphatic rings. The number of carbonyl (C=O) groups excluding carboxylic acids is 1. The minimum atomic E-state index is 0.202. The highest BCUT2D eigenvalue weighted by atomic mass is 16.2. The van der Waals surface area contributed by atoms with Gasteiger partial charge in [0, 0.05) is 37.4 Å². The summed E-state index contributed by atoms with van der Waals surface area (Å²) in [4.78, 5) is 16.8. The van der Waals surface area contributed by atoms with E-state index in [2.05, 4.69) is 24.0 Å². The fraction of sp³-hybridized carbons (Fsp3) is 0.562. The molecule has 1 amide bonds. The summed E-state index contributed by atoms with van der Waals surface area (Å²) in [7, 11) is 0. The fourth-order valence-electron chi connectivity index (χ4n) is 3.20. The van der Waals surface area contributed by atoms with Crippen LogP contribution < -0.4 is 4.90 Å². The van der Waals surface area contributed by atoms with E-state index in [-0.39, 0.29) is 5.91 Å². The molecular formula is C16H22N2O. The maximum absolute atomic E-state index is 12.3. The first-order valence-corrected chi connectivity index (χ1v) is 7.40. The van der Waals surface area contributed by atoms with Gasteiger partial charge >= 0.3 is 0 Å². The van der Waals surface area contributed by atoms with E-state index in [4.69, 9.17) is 0 Å². The molecule has 19 heavy (non-hydrogen) atoms. The van der Waals surface area contributed by atoms with E-state index in [0.29, 0.717) is 0 Å². The number of anilines is 1. The molecule has 2 saturated heterocycles. The van der Waals surface area contributed by atoms with Gasteiger partial charge in [0.15, 0.2) is 0 Å². The van der Waals surface area contributed by atoms with E-state index in [1.54, 1.807) is 0 Å². The predicted molar refractivity (Wildman–Crippen MR) is 77.8 cm³/mol. The van der Waals surface area contributed by atoms with Crippen LogP contribution >= 0.6 is 0 Å². The first-order valence-electron chi connectivity index (χ1n) is 7.40. The number of likely N-dealkylation sites (tertiary alicyclic amines) is 1. The lowest BCUT2D eigenvalue weighted by molar-refractivity contribution is 0.0793. The molecule has 0 aromatic heterocycles. The van der Waals surface area contributed by atoms with E-state index in [9.17, 15) is 4.79 Å².